The maximum Gasteiger partial charge on any atom is 0.0699 e. The molecule has 0 saturated heterocycles. The molecule has 0 aromatic heterocycles. The van der Waals surface area contributed by atoms with Gasteiger partial charge < -0.3 is 0 Å². The Labute approximate surface area is 85.9 Å². The summed E-state index contributed by atoms with van der Waals surface area (Å²) in [6, 6.07) is 0. The number of fused-ring (bicyclic) bond motifs is 1. The fraction of sp³-hybridized carbons (Fsp3) is 0.462. The number of benzene rings is 1. The topological polar surface area (TPSA) is 12.4 Å². The van der Waals surface area contributed by atoms with Crippen LogP contribution in [-0.2, 0) is 6.42 Å². The van der Waals surface area contributed by atoms with Gasteiger partial charge in [-0.25, -0.2) is 0 Å². The molecule has 1 aliphatic rings. The van der Waals surface area contributed by atoms with E-state index in [0.717, 1.165) is 6.42 Å². The van der Waals surface area contributed by atoms with E-state index in [4.69, 9.17) is 0 Å². The second kappa shape index (κ2) is 2.94. The van der Waals surface area contributed by atoms with Gasteiger partial charge in [0.05, 0.1) is 5.69 Å². The molecule has 0 aliphatic carbocycles. The Morgan fingerprint density at radius 1 is 0.786 bits per heavy atom. The van der Waals surface area contributed by atoms with Crippen LogP contribution in [0.4, 0.5) is 5.69 Å². The zero-order valence-corrected chi connectivity index (χ0v) is 9.65. The van der Waals surface area contributed by atoms with E-state index in [-0.39, 0.29) is 0 Å². The first-order valence-electron chi connectivity index (χ1n) is 5.15. The maximum absolute atomic E-state index is 4.63. The second-order valence-corrected chi connectivity index (χ2v) is 4.35. The fourth-order valence-corrected chi connectivity index (χ4v) is 2.22. The third-order valence-electron chi connectivity index (χ3n) is 3.52. The van der Waals surface area contributed by atoms with Crippen LogP contribution in [0.15, 0.2) is 4.99 Å². The van der Waals surface area contributed by atoms with Crippen molar-refractivity contribution < 1.29 is 0 Å². The second-order valence-electron chi connectivity index (χ2n) is 4.35. The molecule has 0 radical (unpaired) electrons. The number of hydrogen-bond acceptors (Lipinski definition) is 1. The molecule has 2 rings (SSSR count). The van der Waals surface area contributed by atoms with Crippen molar-refractivity contribution in [2.75, 3.05) is 0 Å². The molecule has 0 spiro atoms. The van der Waals surface area contributed by atoms with Gasteiger partial charge in [-0.2, -0.15) is 0 Å². The molecule has 1 heterocycles. The van der Waals surface area contributed by atoms with E-state index < -0.39 is 0 Å². The van der Waals surface area contributed by atoms with E-state index in [1.54, 1.807) is 0 Å². The Hall–Kier alpha value is -1.11. The van der Waals surface area contributed by atoms with Crippen LogP contribution in [-0.4, -0.2) is 5.71 Å². The summed E-state index contributed by atoms with van der Waals surface area (Å²) in [4.78, 5) is 4.63. The van der Waals surface area contributed by atoms with Crippen molar-refractivity contribution in [3.05, 3.63) is 27.8 Å². The van der Waals surface area contributed by atoms with E-state index in [2.05, 4.69) is 39.6 Å². The molecule has 0 saturated carbocycles. The predicted molar refractivity (Wildman–Crippen MR) is 61.9 cm³/mol. The lowest BCUT2D eigenvalue weighted by Gasteiger charge is -2.13. The minimum absolute atomic E-state index is 1.04. The number of nitrogens with zero attached hydrogens (tertiary/aromatic N) is 1. The van der Waals surface area contributed by atoms with E-state index in [9.17, 15) is 0 Å². The van der Waals surface area contributed by atoms with Gasteiger partial charge in [-0.15, -0.1) is 0 Å². The lowest BCUT2D eigenvalue weighted by molar-refractivity contribution is 1.17. The van der Waals surface area contributed by atoms with Gasteiger partial charge >= 0.3 is 0 Å². The van der Waals surface area contributed by atoms with E-state index in [0.29, 0.717) is 0 Å². The Morgan fingerprint density at radius 3 is 2.00 bits per heavy atom. The molecule has 1 nitrogen and oxygen atoms in total. The van der Waals surface area contributed by atoms with Gasteiger partial charge in [0.2, 0.25) is 0 Å². The van der Waals surface area contributed by atoms with Crippen molar-refractivity contribution >= 4 is 11.4 Å². The highest BCUT2D eigenvalue weighted by Gasteiger charge is 2.19. The summed E-state index contributed by atoms with van der Waals surface area (Å²) >= 11 is 0. The Morgan fingerprint density at radius 2 is 1.36 bits per heavy atom. The van der Waals surface area contributed by atoms with Crippen LogP contribution >= 0.6 is 0 Å². The third kappa shape index (κ3) is 1.12. The van der Waals surface area contributed by atoms with E-state index >= 15 is 0 Å². The average Bonchev–Trinajstić information content (AvgIpc) is 2.54. The molecule has 0 N–H and O–H groups in total. The first-order chi connectivity index (χ1) is 6.52. The summed E-state index contributed by atoms with van der Waals surface area (Å²) in [5.74, 6) is 0. The van der Waals surface area contributed by atoms with Crippen LogP contribution in [0.1, 0.15) is 34.7 Å². The largest absolute Gasteiger partial charge is 0.257 e. The molecule has 0 bridgehead atoms. The van der Waals surface area contributed by atoms with Crippen molar-refractivity contribution in [2.45, 2.75) is 41.0 Å². The standard InChI is InChI=1S/C13H17N/c1-7-6-12-10(4)8(2)9(3)11(5)13(12)14-7/h6H2,1-5H3. The molecular formula is C13H17N. The minimum atomic E-state index is 1.04. The van der Waals surface area contributed by atoms with Crippen molar-refractivity contribution in [3.63, 3.8) is 0 Å². The summed E-state index contributed by atoms with van der Waals surface area (Å²) in [7, 11) is 0. The van der Waals surface area contributed by atoms with Crippen LogP contribution in [0.5, 0.6) is 0 Å². The van der Waals surface area contributed by atoms with Crippen molar-refractivity contribution in [2.24, 2.45) is 4.99 Å². The summed E-state index contributed by atoms with van der Waals surface area (Å²) in [6.45, 7) is 10.9. The Balaban J connectivity index is 2.78. The number of rotatable bonds is 0. The lowest BCUT2D eigenvalue weighted by Crippen LogP contribution is -1.97. The molecule has 1 aliphatic heterocycles. The molecule has 14 heavy (non-hydrogen) atoms. The molecular weight excluding hydrogens is 170 g/mol. The Bertz CT molecular complexity index is 439. The highest BCUT2D eigenvalue weighted by Crippen LogP contribution is 2.37. The first-order valence-corrected chi connectivity index (χ1v) is 5.15. The molecule has 1 aromatic rings. The van der Waals surface area contributed by atoms with Crippen LogP contribution in [0.3, 0.4) is 0 Å². The molecule has 0 fully saturated rings. The smallest absolute Gasteiger partial charge is 0.0699 e. The first kappa shape index (κ1) is 9.45. The van der Waals surface area contributed by atoms with E-state index in [1.165, 1.54) is 39.2 Å². The van der Waals surface area contributed by atoms with Crippen LogP contribution in [0.25, 0.3) is 0 Å². The highest BCUT2D eigenvalue weighted by molar-refractivity contribution is 5.93. The molecule has 0 amide bonds. The van der Waals surface area contributed by atoms with Gasteiger partial charge in [0.15, 0.2) is 0 Å². The van der Waals surface area contributed by atoms with Crippen molar-refractivity contribution in [3.8, 4) is 0 Å². The van der Waals surface area contributed by atoms with Crippen LogP contribution < -0.4 is 0 Å². The number of hydrogen-bond donors (Lipinski definition) is 0. The van der Waals surface area contributed by atoms with Crippen molar-refractivity contribution in [1.29, 1.82) is 0 Å². The lowest BCUT2D eigenvalue weighted by atomic mass is 9.92. The summed E-state index contributed by atoms with van der Waals surface area (Å²) in [5, 5.41) is 0. The average molecular weight is 187 g/mol. The Kier molecular flexibility index (Phi) is 1.99. The van der Waals surface area contributed by atoms with Gasteiger partial charge in [0, 0.05) is 12.1 Å². The molecule has 1 aromatic carbocycles. The SMILES string of the molecule is CC1=Nc2c(C)c(C)c(C)c(C)c2C1. The number of aliphatic imine (C=N–C) groups is 1. The zero-order valence-electron chi connectivity index (χ0n) is 9.65. The molecule has 0 unspecified atom stereocenters. The summed E-state index contributed by atoms with van der Waals surface area (Å²) < 4.78 is 0. The predicted octanol–water partition coefficient (Wildman–Crippen LogP) is 3.57. The fourth-order valence-electron chi connectivity index (χ4n) is 2.22. The normalized spacial score (nSPS) is 14.2. The van der Waals surface area contributed by atoms with Crippen molar-refractivity contribution in [1.82, 2.24) is 0 Å². The van der Waals surface area contributed by atoms with Crippen LogP contribution in [0, 0.1) is 27.7 Å². The monoisotopic (exact) mass is 187 g/mol. The van der Waals surface area contributed by atoms with Gasteiger partial charge in [0.1, 0.15) is 0 Å². The van der Waals surface area contributed by atoms with Gasteiger partial charge in [-0.05, 0) is 62.4 Å². The highest BCUT2D eigenvalue weighted by atomic mass is 14.8. The van der Waals surface area contributed by atoms with Gasteiger partial charge in [-0.1, -0.05) is 0 Å². The van der Waals surface area contributed by atoms with Gasteiger partial charge in [0.25, 0.3) is 0 Å². The summed E-state index contributed by atoms with van der Waals surface area (Å²) in [5.41, 5.74) is 9.57. The maximum atomic E-state index is 4.63. The quantitative estimate of drug-likeness (QED) is 0.588. The van der Waals surface area contributed by atoms with Crippen LogP contribution in [0.2, 0.25) is 0 Å². The molecule has 1 heteroatoms. The molecule has 0 atom stereocenters. The van der Waals surface area contributed by atoms with Gasteiger partial charge in [-0.3, -0.25) is 4.99 Å². The third-order valence-corrected chi connectivity index (χ3v) is 3.52. The van der Waals surface area contributed by atoms with E-state index in [1.807, 2.05) is 0 Å². The molecule has 74 valence electrons. The zero-order chi connectivity index (χ0) is 10.5. The minimum Gasteiger partial charge on any atom is -0.257 e. The summed E-state index contributed by atoms with van der Waals surface area (Å²) in [6.07, 6.45) is 1.04.